The van der Waals surface area contributed by atoms with E-state index in [1.54, 1.807) is 29.0 Å². The number of hydrogen-bond acceptors (Lipinski definition) is 2. The third-order valence-corrected chi connectivity index (χ3v) is 3.50. The number of halogens is 1. The lowest BCUT2D eigenvalue weighted by Gasteiger charge is -2.22. The molecule has 0 saturated heterocycles. The fourth-order valence-electron chi connectivity index (χ4n) is 1.66. The lowest BCUT2D eigenvalue weighted by molar-refractivity contribution is 0.0756. The van der Waals surface area contributed by atoms with Crippen molar-refractivity contribution in [1.29, 1.82) is 0 Å². The fourth-order valence-corrected chi connectivity index (χ4v) is 1.87. The average molecular weight is 278 g/mol. The first-order valence-electron chi connectivity index (χ1n) is 6.06. The van der Waals surface area contributed by atoms with Gasteiger partial charge in [-0.25, -0.2) is 4.68 Å². The average Bonchev–Trinajstić information content (AvgIpc) is 2.95. The Labute approximate surface area is 117 Å². The third kappa shape index (κ3) is 2.96. The van der Waals surface area contributed by atoms with Gasteiger partial charge in [-0.15, -0.1) is 11.6 Å². The van der Waals surface area contributed by atoms with E-state index in [0.29, 0.717) is 11.4 Å². The van der Waals surface area contributed by atoms with Crippen LogP contribution in [0.5, 0.6) is 0 Å². The summed E-state index contributed by atoms with van der Waals surface area (Å²) >= 11 is 5.76. The minimum absolute atomic E-state index is 0.00533. The second-order valence-electron chi connectivity index (χ2n) is 4.43. The maximum atomic E-state index is 12.2. The van der Waals surface area contributed by atoms with Crippen molar-refractivity contribution in [3.63, 3.8) is 0 Å². The summed E-state index contributed by atoms with van der Waals surface area (Å²) in [6.07, 6.45) is 3.31. The van der Waals surface area contributed by atoms with E-state index >= 15 is 0 Å². The van der Waals surface area contributed by atoms with Gasteiger partial charge in [-0.05, 0) is 19.1 Å². The van der Waals surface area contributed by atoms with Crippen molar-refractivity contribution >= 4 is 17.5 Å². The van der Waals surface area contributed by atoms with E-state index in [9.17, 15) is 4.79 Å². The molecular weight excluding hydrogens is 262 g/mol. The molecule has 1 atom stereocenters. The van der Waals surface area contributed by atoms with Crippen molar-refractivity contribution in [2.45, 2.75) is 13.0 Å². The number of hydrogen-bond donors (Lipinski definition) is 0. The maximum Gasteiger partial charge on any atom is 0.257 e. The Hall–Kier alpha value is -1.81. The molecule has 0 saturated carbocycles. The summed E-state index contributed by atoms with van der Waals surface area (Å²) in [7, 11) is 1.75. The summed E-state index contributed by atoms with van der Waals surface area (Å²) in [5.74, 6) is 0.338. The van der Waals surface area contributed by atoms with Crippen molar-refractivity contribution in [3.8, 4) is 5.69 Å². The van der Waals surface area contributed by atoms with Crippen LogP contribution < -0.4 is 0 Å². The normalized spacial score (nSPS) is 12.2. The summed E-state index contributed by atoms with van der Waals surface area (Å²) in [6.45, 7) is 1.91. The number of amides is 1. The van der Waals surface area contributed by atoms with Crippen LogP contribution in [0, 0.1) is 0 Å². The molecule has 0 aliphatic heterocycles. The second-order valence-corrected chi connectivity index (χ2v) is 4.74. The highest BCUT2D eigenvalue weighted by Gasteiger charge is 2.18. The van der Waals surface area contributed by atoms with Crippen LogP contribution in [0.25, 0.3) is 5.69 Å². The molecule has 0 radical (unpaired) electrons. The van der Waals surface area contributed by atoms with Gasteiger partial charge in [0.05, 0.1) is 17.4 Å². The number of rotatable bonds is 4. The standard InChI is InChI=1S/C14H16ClN3O/c1-11(8-15)17(2)14(19)12-9-16-18(10-12)13-6-4-3-5-7-13/h3-7,9-11H,8H2,1-2H3. The highest BCUT2D eigenvalue weighted by Crippen LogP contribution is 2.11. The molecule has 0 N–H and O–H groups in total. The Kier molecular flexibility index (Phi) is 4.22. The van der Waals surface area contributed by atoms with Gasteiger partial charge in [0, 0.05) is 25.2 Å². The van der Waals surface area contributed by atoms with Crippen LogP contribution in [0.1, 0.15) is 17.3 Å². The summed E-state index contributed by atoms with van der Waals surface area (Å²) in [6, 6.07) is 9.67. The second kappa shape index (κ2) is 5.89. The van der Waals surface area contributed by atoms with Crippen LogP contribution in [0.2, 0.25) is 0 Å². The van der Waals surface area contributed by atoms with Gasteiger partial charge in [0.2, 0.25) is 0 Å². The van der Waals surface area contributed by atoms with E-state index in [-0.39, 0.29) is 11.9 Å². The molecule has 0 fully saturated rings. The molecule has 0 spiro atoms. The predicted octanol–water partition coefficient (Wildman–Crippen LogP) is 2.57. The predicted molar refractivity (Wildman–Crippen MR) is 75.8 cm³/mol. The number of alkyl halides is 1. The van der Waals surface area contributed by atoms with Crippen molar-refractivity contribution in [1.82, 2.24) is 14.7 Å². The van der Waals surface area contributed by atoms with Crippen LogP contribution >= 0.6 is 11.6 Å². The van der Waals surface area contributed by atoms with Gasteiger partial charge in [0.15, 0.2) is 0 Å². The van der Waals surface area contributed by atoms with Gasteiger partial charge in [-0.2, -0.15) is 5.10 Å². The van der Waals surface area contributed by atoms with Crippen LogP contribution in [0.15, 0.2) is 42.7 Å². The fraction of sp³-hybridized carbons (Fsp3) is 0.286. The third-order valence-electron chi connectivity index (χ3n) is 3.06. The largest absolute Gasteiger partial charge is 0.338 e. The Morgan fingerprint density at radius 2 is 2.11 bits per heavy atom. The Morgan fingerprint density at radius 3 is 2.74 bits per heavy atom. The molecule has 1 heterocycles. The van der Waals surface area contributed by atoms with E-state index < -0.39 is 0 Å². The van der Waals surface area contributed by atoms with E-state index in [4.69, 9.17) is 11.6 Å². The Balaban J connectivity index is 2.20. The number of carbonyl (C=O) groups excluding carboxylic acids is 1. The molecule has 4 nitrogen and oxygen atoms in total. The number of carbonyl (C=O) groups is 1. The minimum atomic E-state index is -0.0738. The molecule has 2 rings (SSSR count). The van der Waals surface area contributed by atoms with Crippen molar-refractivity contribution < 1.29 is 4.79 Å². The van der Waals surface area contributed by atoms with Crippen molar-refractivity contribution in [2.75, 3.05) is 12.9 Å². The lowest BCUT2D eigenvalue weighted by atomic mass is 10.2. The highest BCUT2D eigenvalue weighted by atomic mass is 35.5. The summed E-state index contributed by atoms with van der Waals surface area (Å²) in [4.78, 5) is 13.8. The number of benzene rings is 1. The minimum Gasteiger partial charge on any atom is -0.338 e. The molecule has 5 heteroatoms. The van der Waals surface area contributed by atoms with Crippen LogP contribution in [0.3, 0.4) is 0 Å². The lowest BCUT2D eigenvalue weighted by Crippen LogP contribution is -2.35. The van der Waals surface area contributed by atoms with Crippen molar-refractivity contribution in [2.24, 2.45) is 0 Å². The molecule has 1 unspecified atom stereocenters. The molecule has 100 valence electrons. The number of para-hydroxylation sites is 1. The topological polar surface area (TPSA) is 38.1 Å². The van der Waals surface area contributed by atoms with Gasteiger partial charge in [0.1, 0.15) is 0 Å². The first kappa shape index (κ1) is 13.6. The highest BCUT2D eigenvalue weighted by molar-refractivity contribution is 6.18. The monoisotopic (exact) mass is 277 g/mol. The molecule has 0 aliphatic carbocycles. The van der Waals surface area contributed by atoms with Crippen LogP contribution in [-0.2, 0) is 0 Å². The number of aromatic nitrogens is 2. The smallest absolute Gasteiger partial charge is 0.257 e. The molecule has 1 aromatic carbocycles. The molecule has 2 aromatic rings. The quantitative estimate of drug-likeness (QED) is 0.806. The van der Waals surface area contributed by atoms with Gasteiger partial charge in [0.25, 0.3) is 5.91 Å². The van der Waals surface area contributed by atoms with E-state index in [0.717, 1.165) is 5.69 Å². The summed E-state index contributed by atoms with van der Waals surface area (Å²) < 4.78 is 1.69. The van der Waals surface area contributed by atoms with E-state index in [1.165, 1.54) is 0 Å². The zero-order valence-corrected chi connectivity index (χ0v) is 11.7. The number of nitrogens with zero attached hydrogens (tertiary/aromatic N) is 3. The molecule has 0 bridgehead atoms. The SMILES string of the molecule is CC(CCl)N(C)C(=O)c1cnn(-c2ccccc2)c1. The molecular formula is C14H16ClN3O. The van der Waals surface area contributed by atoms with E-state index in [1.807, 2.05) is 37.3 Å². The van der Waals surface area contributed by atoms with Crippen LogP contribution in [0.4, 0.5) is 0 Å². The van der Waals surface area contributed by atoms with Crippen molar-refractivity contribution in [3.05, 3.63) is 48.3 Å². The Morgan fingerprint density at radius 1 is 1.42 bits per heavy atom. The van der Waals surface area contributed by atoms with Gasteiger partial charge >= 0.3 is 0 Å². The van der Waals surface area contributed by atoms with Gasteiger partial charge in [-0.1, -0.05) is 18.2 Å². The Bertz CT molecular complexity index is 553. The summed E-state index contributed by atoms with van der Waals surface area (Å²) in [5, 5.41) is 4.21. The van der Waals surface area contributed by atoms with Gasteiger partial charge in [-0.3, -0.25) is 4.79 Å². The summed E-state index contributed by atoms with van der Waals surface area (Å²) in [5.41, 5.74) is 1.48. The molecule has 0 aliphatic rings. The first-order valence-corrected chi connectivity index (χ1v) is 6.60. The van der Waals surface area contributed by atoms with E-state index in [2.05, 4.69) is 5.10 Å². The van der Waals surface area contributed by atoms with Gasteiger partial charge < -0.3 is 4.90 Å². The van der Waals surface area contributed by atoms with Crippen LogP contribution in [-0.4, -0.2) is 39.6 Å². The molecule has 1 aromatic heterocycles. The molecule has 1 amide bonds. The first-order chi connectivity index (χ1) is 9.13. The molecule has 19 heavy (non-hydrogen) atoms. The maximum absolute atomic E-state index is 12.2. The zero-order chi connectivity index (χ0) is 13.8. The zero-order valence-electron chi connectivity index (χ0n) is 11.0.